The molecule has 6 nitrogen and oxygen atoms in total. The molecule has 8 heteroatoms. The van der Waals surface area contributed by atoms with E-state index in [1.54, 1.807) is 17.0 Å². The van der Waals surface area contributed by atoms with E-state index >= 15 is 0 Å². The molecular formula is C24H27ClN2O4S. The van der Waals surface area contributed by atoms with E-state index in [1.807, 2.05) is 25.1 Å². The summed E-state index contributed by atoms with van der Waals surface area (Å²) in [5.41, 5.74) is 2.50. The van der Waals surface area contributed by atoms with Crippen molar-refractivity contribution in [3.05, 3.63) is 64.2 Å². The number of benzene rings is 2. The van der Waals surface area contributed by atoms with E-state index < -0.39 is 15.9 Å². The maximum atomic E-state index is 13.4. The molecule has 2 amide bonds. The molecule has 3 atom stereocenters. The van der Waals surface area contributed by atoms with Gasteiger partial charge in [-0.25, -0.2) is 8.42 Å². The lowest BCUT2D eigenvalue weighted by Crippen LogP contribution is -2.49. The van der Waals surface area contributed by atoms with E-state index in [0.29, 0.717) is 11.4 Å². The Morgan fingerprint density at radius 3 is 2.62 bits per heavy atom. The maximum absolute atomic E-state index is 13.4. The Hall–Kier alpha value is -2.38. The minimum absolute atomic E-state index is 0.0604. The number of nitrogens with zero attached hydrogens (tertiary/aromatic N) is 1. The van der Waals surface area contributed by atoms with Crippen LogP contribution < -0.4 is 5.32 Å². The highest BCUT2D eigenvalue weighted by Crippen LogP contribution is 2.34. The van der Waals surface area contributed by atoms with Crippen LogP contribution in [0.5, 0.6) is 0 Å². The van der Waals surface area contributed by atoms with Gasteiger partial charge in [-0.2, -0.15) is 0 Å². The summed E-state index contributed by atoms with van der Waals surface area (Å²) < 4.78 is 23.9. The zero-order valence-corrected chi connectivity index (χ0v) is 19.7. The molecule has 32 heavy (non-hydrogen) atoms. The minimum Gasteiger partial charge on any atom is -0.347 e. The summed E-state index contributed by atoms with van der Waals surface area (Å²) in [6.07, 6.45) is 4.82. The van der Waals surface area contributed by atoms with Crippen LogP contribution in [0.3, 0.4) is 0 Å². The highest BCUT2D eigenvalue weighted by molar-refractivity contribution is 7.90. The van der Waals surface area contributed by atoms with E-state index in [4.69, 9.17) is 11.6 Å². The Morgan fingerprint density at radius 1 is 1.12 bits per heavy atom. The second kappa shape index (κ2) is 8.87. The van der Waals surface area contributed by atoms with E-state index in [-0.39, 0.29) is 34.4 Å². The van der Waals surface area contributed by atoms with Gasteiger partial charge in [0, 0.05) is 22.9 Å². The van der Waals surface area contributed by atoms with Gasteiger partial charge in [0.05, 0.1) is 10.9 Å². The zero-order chi connectivity index (χ0) is 23.0. The van der Waals surface area contributed by atoms with Crippen LogP contribution in [0.4, 0.5) is 0 Å². The summed E-state index contributed by atoms with van der Waals surface area (Å²) in [4.78, 5) is 28.4. The number of carbonyl (C=O) groups excluding carboxylic acids is 2. The summed E-state index contributed by atoms with van der Waals surface area (Å²) in [6, 6.07) is 11.0. The van der Waals surface area contributed by atoms with Crippen LogP contribution in [0.2, 0.25) is 5.02 Å². The fourth-order valence-electron chi connectivity index (χ4n) is 4.86. The van der Waals surface area contributed by atoms with Crippen molar-refractivity contribution < 1.29 is 18.0 Å². The van der Waals surface area contributed by atoms with Gasteiger partial charge in [-0.05, 0) is 73.6 Å². The Morgan fingerprint density at radius 2 is 1.91 bits per heavy atom. The zero-order valence-electron chi connectivity index (χ0n) is 18.2. The van der Waals surface area contributed by atoms with Gasteiger partial charge in [0.25, 0.3) is 5.91 Å². The molecule has 1 aliphatic carbocycles. The van der Waals surface area contributed by atoms with Crippen LogP contribution in [0.1, 0.15) is 60.1 Å². The maximum Gasteiger partial charge on any atom is 0.254 e. The summed E-state index contributed by atoms with van der Waals surface area (Å²) in [5, 5.41) is 3.83. The Bertz CT molecular complexity index is 1160. The number of hydrogen-bond acceptors (Lipinski definition) is 4. The molecule has 2 aliphatic rings. The van der Waals surface area contributed by atoms with Gasteiger partial charge in [0.1, 0.15) is 6.04 Å². The molecule has 1 fully saturated rings. The lowest BCUT2D eigenvalue weighted by Gasteiger charge is -2.30. The number of nitrogens with one attached hydrogen (secondary N) is 1. The number of halogens is 1. The van der Waals surface area contributed by atoms with Crippen LogP contribution in [-0.2, 0) is 21.1 Å². The van der Waals surface area contributed by atoms with Crippen LogP contribution in [-0.4, -0.2) is 43.5 Å². The molecule has 0 radical (unpaired) electrons. The monoisotopic (exact) mass is 474 g/mol. The van der Waals surface area contributed by atoms with Gasteiger partial charge in [-0.15, -0.1) is 0 Å². The number of hydrogen-bond donors (Lipinski definition) is 1. The summed E-state index contributed by atoms with van der Waals surface area (Å²) in [7, 11) is -3.44. The number of fused-ring (bicyclic) bond motifs is 1. The topological polar surface area (TPSA) is 83.6 Å². The average molecular weight is 475 g/mol. The summed E-state index contributed by atoms with van der Waals surface area (Å²) >= 11 is 6.09. The molecule has 0 spiro atoms. The number of carbonyl (C=O) groups is 2. The quantitative estimate of drug-likeness (QED) is 0.711. The Kier molecular flexibility index (Phi) is 6.32. The van der Waals surface area contributed by atoms with E-state index in [2.05, 4.69) is 5.32 Å². The molecule has 4 rings (SSSR count). The smallest absolute Gasteiger partial charge is 0.254 e. The van der Waals surface area contributed by atoms with Crippen molar-refractivity contribution in [2.75, 3.05) is 6.26 Å². The van der Waals surface area contributed by atoms with Crippen molar-refractivity contribution in [2.24, 2.45) is 0 Å². The Balaban J connectivity index is 1.57. The molecule has 0 unspecified atom stereocenters. The van der Waals surface area contributed by atoms with Gasteiger partial charge in [-0.3, -0.25) is 9.59 Å². The highest BCUT2D eigenvalue weighted by atomic mass is 35.5. The van der Waals surface area contributed by atoms with Crippen LogP contribution in [0.25, 0.3) is 0 Å². The molecular weight excluding hydrogens is 448 g/mol. The molecule has 0 aromatic heterocycles. The number of sulfone groups is 1. The first-order valence-corrected chi connectivity index (χ1v) is 13.2. The molecule has 1 aliphatic heterocycles. The van der Waals surface area contributed by atoms with E-state index in [0.717, 1.165) is 43.1 Å². The van der Waals surface area contributed by atoms with Gasteiger partial charge in [0.2, 0.25) is 5.91 Å². The first kappa shape index (κ1) is 22.8. The van der Waals surface area contributed by atoms with E-state index in [9.17, 15) is 18.0 Å². The molecule has 2 aromatic rings. The van der Waals surface area contributed by atoms with Crippen molar-refractivity contribution in [3.8, 4) is 0 Å². The third-order valence-corrected chi connectivity index (χ3v) is 7.86. The first-order valence-electron chi connectivity index (χ1n) is 10.9. The van der Waals surface area contributed by atoms with Crippen molar-refractivity contribution in [2.45, 2.75) is 62.0 Å². The SMILES string of the molecule is CC[C@@H]1CC[C@H](C(=O)N[C@@H]2CCc3cc(Cl)ccc32)N1C(=O)c1cccc(S(C)(=O)=O)c1. The molecule has 170 valence electrons. The number of likely N-dealkylation sites (tertiary alicyclic amines) is 1. The van der Waals surface area contributed by atoms with Gasteiger partial charge >= 0.3 is 0 Å². The van der Waals surface area contributed by atoms with Crippen molar-refractivity contribution in [1.29, 1.82) is 0 Å². The second-order valence-corrected chi connectivity index (χ2v) is 11.1. The third-order valence-electron chi connectivity index (χ3n) is 6.52. The second-order valence-electron chi connectivity index (χ2n) is 8.61. The van der Waals surface area contributed by atoms with Crippen molar-refractivity contribution in [1.82, 2.24) is 10.2 Å². The van der Waals surface area contributed by atoms with Crippen molar-refractivity contribution in [3.63, 3.8) is 0 Å². The molecule has 2 aromatic carbocycles. The molecule has 1 heterocycles. The fraction of sp³-hybridized carbons (Fsp3) is 0.417. The van der Waals surface area contributed by atoms with Gasteiger partial charge in [0.15, 0.2) is 9.84 Å². The first-order chi connectivity index (χ1) is 15.2. The lowest BCUT2D eigenvalue weighted by molar-refractivity contribution is -0.126. The number of rotatable bonds is 5. The molecule has 1 saturated heterocycles. The van der Waals surface area contributed by atoms with E-state index in [1.165, 1.54) is 12.1 Å². The predicted molar refractivity (Wildman–Crippen MR) is 123 cm³/mol. The Labute approximate surface area is 193 Å². The number of aryl methyl sites for hydroxylation is 1. The normalized spacial score (nSPS) is 22.6. The standard InChI is InChI=1S/C24H27ClN2O4S/c1-3-18-9-12-22(23(28)26-21-11-7-15-13-17(25)8-10-20(15)21)27(18)24(29)16-5-4-6-19(14-16)32(2,30)31/h4-6,8,10,13-14,18,21-22H,3,7,9,11-12H2,1-2H3,(H,26,28)/t18-,21-,22-/m1/s1. The summed E-state index contributed by atoms with van der Waals surface area (Å²) in [5.74, 6) is -0.472. The van der Waals surface area contributed by atoms with Gasteiger partial charge in [-0.1, -0.05) is 30.7 Å². The van der Waals surface area contributed by atoms with Gasteiger partial charge < -0.3 is 10.2 Å². The largest absolute Gasteiger partial charge is 0.347 e. The number of amides is 2. The lowest BCUT2D eigenvalue weighted by atomic mass is 10.1. The predicted octanol–water partition coefficient (Wildman–Crippen LogP) is 3.93. The van der Waals surface area contributed by atoms with Crippen LogP contribution >= 0.6 is 11.6 Å². The fourth-order valence-corrected chi connectivity index (χ4v) is 5.72. The van der Waals surface area contributed by atoms with Crippen LogP contribution in [0, 0.1) is 0 Å². The summed E-state index contributed by atoms with van der Waals surface area (Å²) in [6.45, 7) is 2.00. The minimum atomic E-state index is -3.44. The molecule has 1 N–H and O–H groups in total. The van der Waals surface area contributed by atoms with Crippen molar-refractivity contribution >= 4 is 33.3 Å². The highest BCUT2D eigenvalue weighted by Gasteiger charge is 2.41. The van der Waals surface area contributed by atoms with Crippen LogP contribution in [0.15, 0.2) is 47.4 Å². The average Bonchev–Trinajstić information content (AvgIpc) is 3.36. The molecule has 0 bridgehead atoms. The molecule has 0 saturated carbocycles. The third kappa shape index (κ3) is 4.41.